The van der Waals surface area contributed by atoms with Gasteiger partial charge >= 0.3 is 0 Å². The number of nitrogens with zero attached hydrogens (tertiary/aromatic N) is 1. The van der Waals surface area contributed by atoms with Crippen LogP contribution in [0, 0.1) is 11.8 Å². The zero-order valence-electron chi connectivity index (χ0n) is 13.8. The summed E-state index contributed by atoms with van der Waals surface area (Å²) in [5, 5.41) is 3.27. The molecule has 3 N–H and O–H groups in total. The Morgan fingerprint density at radius 1 is 1.16 bits per heavy atom. The van der Waals surface area contributed by atoms with E-state index in [1.807, 2.05) is 0 Å². The number of hydrogen-bond donors (Lipinski definition) is 2. The van der Waals surface area contributed by atoms with E-state index < -0.39 is 0 Å². The molecule has 19 heavy (non-hydrogen) atoms. The zero-order valence-corrected chi connectivity index (χ0v) is 13.8. The third-order valence-corrected chi connectivity index (χ3v) is 3.30. The standard InChI is InChI=1S/C10H22N2O.C5H13N/c1-5-9(2)8-11-7-6-10(13)12(3)4;1-3-5(2)4-6/h9,11H,5-8H2,1-4H3;5H,3-4,6H2,1-2H3. The van der Waals surface area contributed by atoms with Crippen LogP contribution in [0.2, 0.25) is 0 Å². The van der Waals surface area contributed by atoms with E-state index in [4.69, 9.17) is 5.73 Å². The number of hydrogen-bond acceptors (Lipinski definition) is 3. The van der Waals surface area contributed by atoms with Gasteiger partial charge in [-0.1, -0.05) is 40.5 Å². The summed E-state index contributed by atoms with van der Waals surface area (Å²) in [6, 6.07) is 0. The Balaban J connectivity index is 0. The van der Waals surface area contributed by atoms with Gasteiger partial charge in [-0.05, 0) is 24.9 Å². The minimum atomic E-state index is 0.191. The average molecular weight is 273 g/mol. The Morgan fingerprint density at radius 3 is 2.00 bits per heavy atom. The van der Waals surface area contributed by atoms with Gasteiger partial charge in [-0.2, -0.15) is 0 Å². The highest BCUT2D eigenvalue weighted by Crippen LogP contribution is 1.97. The predicted molar refractivity (Wildman–Crippen MR) is 84.1 cm³/mol. The minimum Gasteiger partial charge on any atom is -0.349 e. The van der Waals surface area contributed by atoms with Gasteiger partial charge in [-0.15, -0.1) is 0 Å². The van der Waals surface area contributed by atoms with Crippen molar-refractivity contribution in [2.75, 3.05) is 33.7 Å². The molecule has 4 heteroatoms. The fourth-order valence-electron chi connectivity index (χ4n) is 1.08. The van der Waals surface area contributed by atoms with E-state index in [0.29, 0.717) is 18.3 Å². The van der Waals surface area contributed by atoms with Crippen LogP contribution in [0.1, 0.15) is 47.0 Å². The normalized spacial score (nSPS) is 13.2. The molecular formula is C15H35N3O. The van der Waals surface area contributed by atoms with Gasteiger partial charge in [0.25, 0.3) is 0 Å². The first-order chi connectivity index (χ1) is 8.88. The summed E-state index contributed by atoms with van der Waals surface area (Å²) in [6.07, 6.45) is 2.99. The lowest BCUT2D eigenvalue weighted by Gasteiger charge is -2.12. The Hall–Kier alpha value is -0.610. The Bertz CT molecular complexity index is 204. The van der Waals surface area contributed by atoms with Crippen molar-refractivity contribution in [1.29, 1.82) is 0 Å². The molecular weight excluding hydrogens is 238 g/mol. The number of amides is 1. The molecule has 0 aliphatic heterocycles. The van der Waals surface area contributed by atoms with E-state index in [2.05, 4.69) is 33.0 Å². The molecule has 0 saturated carbocycles. The number of rotatable bonds is 8. The van der Waals surface area contributed by atoms with Crippen molar-refractivity contribution < 1.29 is 4.79 Å². The van der Waals surface area contributed by atoms with Crippen molar-refractivity contribution >= 4 is 5.91 Å². The van der Waals surface area contributed by atoms with Gasteiger partial charge in [-0.25, -0.2) is 0 Å². The van der Waals surface area contributed by atoms with Crippen LogP contribution in [0.5, 0.6) is 0 Å². The van der Waals surface area contributed by atoms with Crippen molar-refractivity contribution in [3.8, 4) is 0 Å². The van der Waals surface area contributed by atoms with E-state index in [9.17, 15) is 4.79 Å². The fraction of sp³-hybridized carbons (Fsp3) is 0.933. The third-order valence-electron chi connectivity index (χ3n) is 3.30. The van der Waals surface area contributed by atoms with Crippen molar-refractivity contribution in [2.24, 2.45) is 17.6 Å². The van der Waals surface area contributed by atoms with Gasteiger partial charge in [0.05, 0.1) is 0 Å². The molecule has 2 atom stereocenters. The monoisotopic (exact) mass is 273 g/mol. The average Bonchev–Trinajstić information content (AvgIpc) is 2.42. The highest BCUT2D eigenvalue weighted by atomic mass is 16.2. The molecule has 0 spiro atoms. The van der Waals surface area contributed by atoms with E-state index >= 15 is 0 Å². The Kier molecular flexibility index (Phi) is 15.1. The van der Waals surface area contributed by atoms with Gasteiger partial charge in [0.1, 0.15) is 0 Å². The van der Waals surface area contributed by atoms with Crippen molar-refractivity contribution in [3.05, 3.63) is 0 Å². The number of carbonyl (C=O) groups excluding carboxylic acids is 1. The topological polar surface area (TPSA) is 58.4 Å². The smallest absolute Gasteiger partial charge is 0.223 e. The lowest BCUT2D eigenvalue weighted by molar-refractivity contribution is -0.128. The van der Waals surface area contributed by atoms with Crippen molar-refractivity contribution in [3.63, 3.8) is 0 Å². The van der Waals surface area contributed by atoms with E-state index in [0.717, 1.165) is 19.6 Å². The van der Waals surface area contributed by atoms with Crippen molar-refractivity contribution in [2.45, 2.75) is 47.0 Å². The first-order valence-electron chi connectivity index (χ1n) is 7.49. The summed E-state index contributed by atoms with van der Waals surface area (Å²) in [5.74, 6) is 1.61. The summed E-state index contributed by atoms with van der Waals surface area (Å²) in [4.78, 5) is 12.8. The van der Waals surface area contributed by atoms with Crippen LogP contribution in [0.25, 0.3) is 0 Å². The van der Waals surface area contributed by atoms with Gasteiger partial charge in [0.15, 0.2) is 0 Å². The highest BCUT2D eigenvalue weighted by molar-refractivity contribution is 5.75. The second-order valence-corrected chi connectivity index (χ2v) is 5.50. The zero-order chi connectivity index (χ0) is 15.3. The Morgan fingerprint density at radius 2 is 1.68 bits per heavy atom. The van der Waals surface area contributed by atoms with Crippen LogP contribution in [-0.2, 0) is 4.79 Å². The molecule has 4 nitrogen and oxygen atoms in total. The van der Waals surface area contributed by atoms with Gasteiger partial charge < -0.3 is 16.0 Å². The molecule has 0 saturated heterocycles. The quantitative estimate of drug-likeness (QED) is 0.666. The molecule has 0 aromatic heterocycles. The summed E-state index contributed by atoms with van der Waals surface area (Å²) >= 11 is 0. The number of nitrogens with two attached hydrogens (primary N) is 1. The lowest BCUT2D eigenvalue weighted by Crippen LogP contribution is -2.28. The van der Waals surface area contributed by atoms with Crippen LogP contribution in [0.4, 0.5) is 0 Å². The number of carbonyl (C=O) groups is 1. The largest absolute Gasteiger partial charge is 0.349 e. The molecule has 0 aromatic rings. The Labute approximate surface area is 120 Å². The molecule has 0 rings (SSSR count). The van der Waals surface area contributed by atoms with E-state index in [1.54, 1.807) is 19.0 Å². The SMILES string of the molecule is CCC(C)CN.CCC(C)CNCCC(=O)N(C)C. The summed E-state index contributed by atoms with van der Waals surface area (Å²) in [6.45, 7) is 11.3. The first kappa shape index (κ1) is 20.7. The maximum absolute atomic E-state index is 11.1. The third kappa shape index (κ3) is 15.3. The van der Waals surface area contributed by atoms with Crippen molar-refractivity contribution in [1.82, 2.24) is 10.2 Å². The molecule has 0 bridgehead atoms. The molecule has 0 aromatic carbocycles. The maximum Gasteiger partial charge on any atom is 0.223 e. The molecule has 0 aliphatic carbocycles. The first-order valence-corrected chi connectivity index (χ1v) is 7.49. The summed E-state index contributed by atoms with van der Waals surface area (Å²) in [5.41, 5.74) is 5.28. The molecule has 2 unspecified atom stereocenters. The van der Waals surface area contributed by atoms with Crippen LogP contribution >= 0.6 is 0 Å². The van der Waals surface area contributed by atoms with Crippen LogP contribution in [0.3, 0.4) is 0 Å². The van der Waals surface area contributed by atoms with Gasteiger partial charge in [-0.3, -0.25) is 4.79 Å². The van der Waals surface area contributed by atoms with Crippen LogP contribution in [0.15, 0.2) is 0 Å². The summed E-state index contributed by atoms with van der Waals surface area (Å²) < 4.78 is 0. The molecule has 0 radical (unpaired) electrons. The predicted octanol–water partition coefficient (Wildman–Crippen LogP) is 2.09. The second-order valence-electron chi connectivity index (χ2n) is 5.50. The maximum atomic E-state index is 11.1. The molecule has 0 fully saturated rings. The van der Waals surface area contributed by atoms with Crippen LogP contribution in [-0.4, -0.2) is 44.5 Å². The van der Waals surface area contributed by atoms with Crippen LogP contribution < -0.4 is 11.1 Å². The van der Waals surface area contributed by atoms with Gasteiger partial charge in [0.2, 0.25) is 5.91 Å². The lowest BCUT2D eigenvalue weighted by atomic mass is 10.1. The number of nitrogens with one attached hydrogen (secondary N) is 1. The highest BCUT2D eigenvalue weighted by Gasteiger charge is 2.03. The van der Waals surface area contributed by atoms with E-state index in [-0.39, 0.29) is 5.91 Å². The molecule has 0 heterocycles. The van der Waals surface area contributed by atoms with E-state index in [1.165, 1.54) is 12.8 Å². The van der Waals surface area contributed by atoms with Gasteiger partial charge in [0, 0.05) is 27.1 Å². The second kappa shape index (κ2) is 13.8. The molecule has 116 valence electrons. The summed E-state index contributed by atoms with van der Waals surface area (Å²) in [7, 11) is 3.58. The molecule has 1 amide bonds. The molecule has 0 aliphatic rings. The fourth-order valence-corrected chi connectivity index (χ4v) is 1.08. The minimum absolute atomic E-state index is 0.191.